The molecule has 8 heteroatoms. The summed E-state index contributed by atoms with van der Waals surface area (Å²) in [6, 6.07) is 6.36. The molecule has 0 N–H and O–H groups in total. The third-order valence-corrected chi connectivity index (χ3v) is 4.03. The predicted molar refractivity (Wildman–Crippen MR) is 74.9 cm³/mol. The van der Waals surface area contributed by atoms with Crippen LogP contribution in [0.1, 0.15) is 5.56 Å². The summed E-state index contributed by atoms with van der Waals surface area (Å²) in [6.07, 6.45) is 0. The van der Waals surface area contributed by atoms with Gasteiger partial charge in [0.25, 0.3) is 0 Å². The lowest BCUT2D eigenvalue weighted by Gasteiger charge is -2.31. The summed E-state index contributed by atoms with van der Waals surface area (Å²) < 4.78 is 21.9. The van der Waals surface area contributed by atoms with E-state index in [-0.39, 0.29) is 5.75 Å². The van der Waals surface area contributed by atoms with Crippen molar-refractivity contribution in [1.29, 1.82) is 0 Å². The van der Waals surface area contributed by atoms with Gasteiger partial charge in [0.1, 0.15) is 0 Å². The zero-order valence-corrected chi connectivity index (χ0v) is 12.3. The highest BCUT2D eigenvalue weighted by Gasteiger charge is 2.31. The maximum Gasteiger partial charge on any atom is 0.316 e. The molecule has 1 fully saturated rings. The third-order valence-electron chi connectivity index (χ3n) is 3.02. The van der Waals surface area contributed by atoms with Crippen LogP contribution in [0.5, 0.6) is 0 Å². The number of nitrogens with zero attached hydrogens (tertiary/aromatic N) is 2. The molecular weight excluding hydrogens is 304 g/mol. The fraction of sp³-hybridized carbons (Fsp3) is 0.333. The van der Waals surface area contributed by atoms with Crippen molar-refractivity contribution in [3.05, 3.63) is 29.8 Å². The van der Waals surface area contributed by atoms with Gasteiger partial charge in [0.15, 0.2) is 0 Å². The van der Waals surface area contributed by atoms with E-state index in [1.165, 1.54) is 9.80 Å². The van der Waals surface area contributed by atoms with Gasteiger partial charge in [-0.1, -0.05) is 12.1 Å². The van der Waals surface area contributed by atoms with Crippen molar-refractivity contribution < 1.29 is 18.0 Å². The summed E-state index contributed by atoms with van der Waals surface area (Å²) in [5.74, 6) is -1.41. The van der Waals surface area contributed by atoms with Crippen LogP contribution in [0.15, 0.2) is 24.3 Å². The van der Waals surface area contributed by atoms with Gasteiger partial charge in [-0.15, -0.1) is 0 Å². The zero-order valence-electron chi connectivity index (χ0n) is 10.7. The molecule has 1 aliphatic rings. The minimum atomic E-state index is -3.61. The highest BCUT2D eigenvalue weighted by molar-refractivity contribution is 8.13. The van der Waals surface area contributed by atoms with E-state index in [4.69, 9.17) is 10.7 Å². The number of rotatable bonds is 3. The van der Waals surface area contributed by atoms with Crippen molar-refractivity contribution in [3.63, 3.8) is 0 Å². The number of benzene rings is 1. The topological polar surface area (TPSA) is 74.8 Å². The van der Waals surface area contributed by atoms with Gasteiger partial charge in [0.05, 0.1) is 5.75 Å². The first-order valence-corrected chi connectivity index (χ1v) is 8.34. The van der Waals surface area contributed by atoms with Gasteiger partial charge in [0, 0.05) is 36.5 Å². The van der Waals surface area contributed by atoms with Gasteiger partial charge < -0.3 is 9.80 Å². The molecule has 2 rings (SSSR count). The quantitative estimate of drug-likeness (QED) is 0.603. The third kappa shape index (κ3) is 3.29. The zero-order chi connectivity index (χ0) is 14.9. The Hall–Kier alpha value is -1.60. The molecule has 1 saturated heterocycles. The summed E-state index contributed by atoms with van der Waals surface area (Å²) in [4.78, 5) is 26.2. The Morgan fingerprint density at radius 2 is 1.70 bits per heavy atom. The maximum atomic E-state index is 11.9. The Kier molecular flexibility index (Phi) is 4.01. The van der Waals surface area contributed by atoms with Crippen LogP contribution in [0.2, 0.25) is 0 Å². The second-order valence-electron chi connectivity index (χ2n) is 4.53. The smallest absolute Gasteiger partial charge is 0.316 e. The van der Waals surface area contributed by atoms with Crippen LogP contribution in [-0.2, 0) is 24.4 Å². The molecule has 20 heavy (non-hydrogen) atoms. The molecule has 0 saturated carbocycles. The van der Waals surface area contributed by atoms with Crippen molar-refractivity contribution in [2.24, 2.45) is 0 Å². The van der Waals surface area contributed by atoms with E-state index in [1.54, 1.807) is 31.3 Å². The first-order valence-electron chi connectivity index (χ1n) is 5.86. The van der Waals surface area contributed by atoms with Gasteiger partial charge in [-0.2, -0.15) is 0 Å². The van der Waals surface area contributed by atoms with Crippen molar-refractivity contribution in [2.75, 3.05) is 25.0 Å². The second kappa shape index (κ2) is 5.41. The van der Waals surface area contributed by atoms with Crippen LogP contribution in [0.3, 0.4) is 0 Å². The van der Waals surface area contributed by atoms with E-state index in [0.29, 0.717) is 24.3 Å². The lowest BCUT2D eigenvalue weighted by atomic mass is 10.2. The molecule has 1 aromatic carbocycles. The van der Waals surface area contributed by atoms with E-state index in [0.717, 1.165) is 0 Å². The first kappa shape index (κ1) is 14.8. The van der Waals surface area contributed by atoms with E-state index in [1.807, 2.05) is 0 Å². The number of anilines is 1. The van der Waals surface area contributed by atoms with Crippen LogP contribution in [0.25, 0.3) is 0 Å². The Labute approximate surface area is 121 Å². The molecule has 0 bridgehead atoms. The van der Waals surface area contributed by atoms with Crippen LogP contribution in [0.4, 0.5) is 5.69 Å². The normalized spacial score (nSPS) is 16.7. The molecule has 1 aliphatic heterocycles. The average molecular weight is 317 g/mol. The monoisotopic (exact) mass is 316 g/mol. The molecule has 0 aliphatic carbocycles. The number of halogens is 1. The molecule has 1 heterocycles. The lowest BCUT2D eigenvalue weighted by Crippen LogP contribution is -2.53. The van der Waals surface area contributed by atoms with Gasteiger partial charge >= 0.3 is 11.8 Å². The van der Waals surface area contributed by atoms with Gasteiger partial charge in [0.2, 0.25) is 9.05 Å². The minimum Gasteiger partial charge on any atom is -0.336 e. The van der Waals surface area contributed by atoms with Gasteiger partial charge in [-0.25, -0.2) is 8.42 Å². The van der Waals surface area contributed by atoms with E-state index in [2.05, 4.69) is 0 Å². The van der Waals surface area contributed by atoms with Crippen molar-refractivity contribution in [2.45, 2.75) is 5.75 Å². The number of piperazine rings is 1. The molecule has 1 aromatic rings. The van der Waals surface area contributed by atoms with E-state index < -0.39 is 20.9 Å². The van der Waals surface area contributed by atoms with Crippen LogP contribution in [-0.4, -0.2) is 45.3 Å². The second-order valence-corrected chi connectivity index (χ2v) is 7.31. The summed E-state index contributed by atoms with van der Waals surface area (Å²) in [5.41, 5.74) is 1.09. The number of hydrogen-bond donors (Lipinski definition) is 0. The standard InChI is InChI=1S/C12H13ClN2O4S/c1-14-6-7-15(12(17)11(14)16)10-4-2-9(3-5-10)8-20(13,18)19/h2-5H,6-8H2,1H3. The van der Waals surface area contributed by atoms with Crippen molar-refractivity contribution >= 4 is 37.2 Å². The number of hydrogen-bond acceptors (Lipinski definition) is 4. The van der Waals surface area contributed by atoms with E-state index in [9.17, 15) is 18.0 Å². The lowest BCUT2D eigenvalue weighted by molar-refractivity contribution is -0.145. The summed E-state index contributed by atoms with van der Waals surface area (Å²) in [5, 5.41) is 0. The molecular formula is C12H13ClN2O4S. The van der Waals surface area contributed by atoms with Crippen LogP contribution >= 0.6 is 10.7 Å². The summed E-state index contributed by atoms with van der Waals surface area (Å²) in [7, 11) is 3.14. The predicted octanol–water partition coefficient (Wildman–Crippen LogP) is 0.560. The fourth-order valence-corrected chi connectivity index (χ4v) is 2.92. The summed E-state index contributed by atoms with van der Waals surface area (Å²) >= 11 is 0. The summed E-state index contributed by atoms with van der Waals surface area (Å²) in [6.45, 7) is 0.872. The van der Waals surface area contributed by atoms with Gasteiger partial charge in [-0.05, 0) is 17.7 Å². The Balaban J connectivity index is 2.18. The number of carbonyl (C=O) groups excluding carboxylic acids is 2. The minimum absolute atomic E-state index is 0.273. The number of amides is 2. The van der Waals surface area contributed by atoms with Crippen LogP contribution < -0.4 is 4.90 Å². The number of likely N-dealkylation sites (N-methyl/N-ethyl adjacent to an activating group) is 1. The van der Waals surface area contributed by atoms with Gasteiger partial charge in [-0.3, -0.25) is 9.59 Å². The number of carbonyl (C=O) groups is 2. The SMILES string of the molecule is CN1CCN(c2ccc(CS(=O)(=O)Cl)cc2)C(=O)C1=O. The van der Waals surface area contributed by atoms with Crippen LogP contribution in [0, 0.1) is 0 Å². The fourth-order valence-electron chi connectivity index (χ4n) is 1.95. The molecule has 0 atom stereocenters. The molecule has 0 spiro atoms. The van der Waals surface area contributed by atoms with Crippen molar-refractivity contribution in [3.8, 4) is 0 Å². The highest BCUT2D eigenvalue weighted by atomic mass is 35.7. The van der Waals surface area contributed by atoms with Crippen molar-refractivity contribution in [1.82, 2.24) is 4.90 Å². The Morgan fingerprint density at radius 3 is 2.25 bits per heavy atom. The Morgan fingerprint density at radius 1 is 1.10 bits per heavy atom. The molecule has 0 unspecified atom stereocenters. The highest BCUT2D eigenvalue weighted by Crippen LogP contribution is 2.19. The molecule has 108 valence electrons. The molecule has 6 nitrogen and oxygen atoms in total. The Bertz CT molecular complexity index is 642. The van der Waals surface area contributed by atoms with E-state index >= 15 is 0 Å². The molecule has 2 amide bonds. The first-order chi connectivity index (χ1) is 9.28. The molecule has 0 aromatic heterocycles. The largest absolute Gasteiger partial charge is 0.336 e. The molecule has 0 radical (unpaired) electrons. The average Bonchev–Trinajstić information content (AvgIpc) is 2.36. The maximum absolute atomic E-state index is 11.9.